The van der Waals surface area contributed by atoms with Crippen LogP contribution in [0.15, 0.2) is 0 Å². The number of nitrogens with zero attached hydrogens (tertiary/aromatic N) is 4. The van der Waals surface area contributed by atoms with Gasteiger partial charge in [0.05, 0.1) is 17.6 Å². The Kier molecular flexibility index (Phi) is 34.7. The molecule has 0 unspecified atom stereocenters. The summed E-state index contributed by atoms with van der Waals surface area (Å²) in [4.78, 5) is 148. The predicted octanol–water partition coefficient (Wildman–Crippen LogP) is 4.89. The van der Waals surface area contributed by atoms with Crippen molar-refractivity contribution in [2.45, 2.75) is 193 Å². The van der Waals surface area contributed by atoms with Crippen LogP contribution in [0.2, 0.25) is 0 Å². The van der Waals surface area contributed by atoms with Crippen LogP contribution in [0, 0.1) is 5.92 Å². The lowest BCUT2D eigenvalue weighted by Crippen LogP contribution is -2.48. The van der Waals surface area contributed by atoms with Crippen molar-refractivity contribution in [2.24, 2.45) is 11.7 Å². The largest absolute Gasteiger partial charge is 0.480 e. The number of hydrogen-bond donors (Lipinski definition) is 8. The van der Waals surface area contributed by atoms with Gasteiger partial charge in [-0.1, -0.05) is 0 Å². The summed E-state index contributed by atoms with van der Waals surface area (Å²) in [6.45, 7) is 21.8. The van der Waals surface area contributed by atoms with E-state index in [1.54, 1.807) is 83.1 Å². The third-order valence-electron chi connectivity index (χ3n) is 11.6. The molecule has 6 atom stereocenters. The van der Waals surface area contributed by atoms with Gasteiger partial charge in [-0.2, -0.15) is 11.8 Å². The number of amides is 8. The summed E-state index contributed by atoms with van der Waals surface area (Å²) >= 11 is 6.08. The van der Waals surface area contributed by atoms with Crippen molar-refractivity contribution < 1.29 is 102 Å². The smallest absolute Gasteiger partial charge is 0.411 e. The first kappa shape index (κ1) is 79.4. The molecule has 8 amide bonds. The number of carbonyl (C=O) groups excluding carboxylic acids is 9. The van der Waals surface area contributed by atoms with Gasteiger partial charge in [-0.05, 0) is 134 Å². The normalized spacial score (nSPS) is 19.8. The molecule has 5 aliphatic heterocycles. The number of carboxylic acids is 3. The number of carboxylic acid groups (broad SMARTS) is 3. The highest BCUT2D eigenvalue weighted by Crippen LogP contribution is 2.28. The molecular weight excluding hydrogens is 1220 g/mol. The van der Waals surface area contributed by atoms with Crippen LogP contribution in [0.1, 0.15) is 141 Å². The summed E-state index contributed by atoms with van der Waals surface area (Å²) in [7, 11) is 1.00. The number of nitrogens with two attached hydrogens (primary N) is 1. The van der Waals surface area contributed by atoms with E-state index in [9.17, 15) is 62.6 Å². The Bertz CT molecular complexity index is 2310. The Labute approximate surface area is 525 Å². The maximum atomic E-state index is 12.5. The van der Waals surface area contributed by atoms with Gasteiger partial charge in [0.15, 0.2) is 0 Å². The minimum Gasteiger partial charge on any atom is -0.480 e. The number of thioether (sulfide) groups is 4. The number of ether oxygens (including phenoxy) is 4. The summed E-state index contributed by atoms with van der Waals surface area (Å²) < 4.78 is 20.8. The quantitative estimate of drug-likeness (QED) is 0.0514. The number of rotatable bonds is 18. The number of unbranched alkanes of at least 4 members (excludes halogenated alkanes) is 2. The maximum absolute atomic E-state index is 12.5. The van der Waals surface area contributed by atoms with Gasteiger partial charge in [-0.15, -0.1) is 40.3 Å². The predicted molar refractivity (Wildman–Crippen MR) is 326 cm³/mol. The summed E-state index contributed by atoms with van der Waals surface area (Å²) in [5.74, 6) is -0.646. The highest BCUT2D eigenvalue weighted by molar-refractivity contribution is 8.00. The Morgan fingerprint density at radius 1 is 0.552 bits per heavy atom. The average molecular weight is 1320 g/mol. The van der Waals surface area contributed by atoms with Crippen molar-refractivity contribution >= 4 is 119 Å². The summed E-state index contributed by atoms with van der Waals surface area (Å²) in [5.41, 5.74) is 2.74. The molecule has 87 heavy (non-hydrogen) atoms. The maximum Gasteiger partial charge on any atom is 0.411 e. The molecule has 0 radical (unpaired) electrons. The molecule has 0 saturated carbocycles. The van der Waals surface area contributed by atoms with E-state index in [0.29, 0.717) is 66.4 Å². The van der Waals surface area contributed by atoms with Crippen LogP contribution >= 0.6 is 47.0 Å². The summed E-state index contributed by atoms with van der Waals surface area (Å²) in [5, 5.41) is 42.2. The molecule has 0 spiro atoms. The second kappa shape index (κ2) is 38.0. The van der Waals surface area contributed by atoms with Gasteiger partial charge >= 0.3 is 48.3 Å². The Hall–Kier alpha value is -5.64. The molecule has 498 valence electrons. The Morgan fingerprint density at radius 3 is 1.38 bits per heavy atom. The molecule has 29 nitrogen and oxygen atoms in total. The van der Waals surface area contributed by atoms with Gasteiger partial charge in [-0.25, -0.2) is 33.6 Å². The standard InChI is InChI=1S/C20H35N3O7S.C13H18N2O6S.C11H20N2O3S.C9H15NO4S.CH4O/c1-19(2,3)29-17(27)22-13(16(25)26)9-7-8-10-21-15(24)14-11-31-12-23(14)18(28)30-20(4,5)6;1-13(2,3)20-12(19)14-7-22-6-8(14)11(18)21-15-9(16)4-5-10(15)17;12-9(11(15)16)3-1-2-5-13-10(14)8-4-6-17-7-8;1-9(2,3)14-8(13)10-5-15-4-6(10)7(11)12;1-2/h13-14H,7-12H2,1-6H3,(H,21,24)(H,22,27)(H,25,26);8H,4-7H2,1-3H3;8-9H,1-7,12H2,(H,13,14)(H,15,16);6H,4-5H2,1-3H3,(H,11,12);2H,1H3/t13-,14+;8-;8-,9+;6-;/m1000./s1. The number of aliphatic carboxylic acids is 3. The molecule has 5 heterocycles. The second-order valence-corrected chi connectivity index (χ2v) is 28.0. The van der Waals surface area contributed by atoms with Crippen molar-refractivity contribution in [3.8, 4) is 0 Å². The monoisotopic (exact) mass is 1320 g/mol. The third-order valence-corrected chi connectivity index (χ3v) is 15.8. The van der Waals surface area contributed by atoms with E-state index >= 15 is 0 Å². The lowest BCUT2D eigenvalue weighted by atomic mass is 10.1. The number of imide groups is 1. The molecular formula is C54H92N8O21S4. The molecule has 9 N–H and O–H groups in total. The molecule has 5 aliphatic rings. The van der Waals surface area contributed by atoms with Crippen molar-refractivity contribution in [1.82, 2.24) is 35.7 Å². The van der Waals surface area contributed by atoms with E-state index in [-0.39, 0.29) is 42.9 Å². The summed E-state index contributed by atoms with van der Waals surface area (Å²) in [6.07, 6.45) is 1.73. The number of aliphatic hydroxyl groups excluding tert-OH is 1. The topological polar surface area (TPSA) is 407 Å². The highest BCUT2D eigenvalue weighted by Gasteiger charge is 2.43. The fraction of sp³-hybridized carbons (Fsp3) is 0.778. The van der Waals surface area contributed by atoms with Crippen molar-refractivity contribution in [3.63, 3.8) is 0 Å². The van der Waals surface area contributed by atoms with E-state index in [0.717, 1.165) is 37.9 Å². The van der Waals surface area contributed by atoms with E-state index in [2.05, 4.69) is 16.0 Å². The Morgan fingerprint density at radius 2 is 0.966 bits per heavy atom. The number of nitrogens with one attached hydrogen (secondary N) is 3. The van der Waals surface area contributed by atoms with E-state index in [1.165, 1.54) is 50.0 Å². The van der Waals surface area contributed by atoms with Crippen LogP contribution in [0.4, 0.5) is 19.2 Å². The first-order chi connectivity index (χ1) is 40.3. The zero-order chi connectivity index (χ0) is 66.6. The van der Waals surface area contributed by atoms with E-state index in [4.69, 9.17) is 44.8 Å². The first-order valence-electron chi connectivity index (χ1n) is 28.1. The molecule has 5 rings (SSSR count). The zero-order valence-corrected chi connectivity index (χ0v) is 55.4. The molecule has 0 bridgehead atoms. The molecule has 5 fully saturated rings. The van der Waals surface area contributed by atoms with Gasteiger partial charge in [0.2, 0.25) is 11.8 Å². The number of hydrogen-bond acceptors (Lipinski definition) is 23. The van der Waals surface area contributed by atoms with Crippen LogP contribution in [0.5, 0.6) is 0 Å². The number of carbonyl (C=O) groups is 12. The number of hydroxylamine groups is 2. The Balaban J connectivity index is 0.000000596. The van der Waals surface area contributed by atoms with Crippen LogP contribution in [-0.2, 0) is 62.1 Å². The molecule has 0 aromatic rings. The van der Waals surface area contributed by atoms with Crippen LogP contribution in [0.25, 0.3) is 0 Å². The average Bonchev–Trinajstić information content (AvgIpc) is 2.14. The van der Waals surface area contributed by atoms with E-state index in [1.807, 2.05) is 11.8 Å². The van der Waals surface area contributed by atoms with Crippen LogP contribution in [-0.4, -0.2) is 231 Å². The molecule has 0 aliphatic carbocycles. The van der Waals surface area contributed by atoms with Gasteiger partial charge in [0, 0.05) is 62.0 Å². The first-order valence-corrected chi connectivity index (χ1v) is 32.7. The van der Waals surface area contributed by atoms with Crippen LogP contribution < -0.4 is 21.7 Å². The molecule has 0 aromatic heterocycles. The van der Waals surface area contributed by atoms with Gasteiger partial charge in [-0.3, -0.25) is 38.7 Å². The van der Waals surface area contributed by atoms with E-state index < -0.39 is 113 Å². The minimum atomic E-state index is -1.15. The van der Waals surface area contributed by atoms with Crippen molar-refractivity contribution in [1.29, 1.82) is 0 Å². The number of aliphatic hydroxyl groups is 1. The van der Waals surface area contributed by atoms with Crippen LogP contribution in [0.3, 0.4) is 0 Å². The fourth-order valence-corrected chi connectivity index (χ4v) is 12.1. The molecule has 33 heteroatoms. The SMILES string of the molecule is CC(C)(C)OC(=O)N1CSC[C@H]1C(=O)O.CC(C)(C)OC(=O)N1CSC[C@H]1C(=O)ON1C(=O)CCC1=O.CC(C)(C)OC(=O)N[C@H](CCCCNC(=O)[C@@H]1CSCN1C(=O)OC(C)(C)C)C(=O)O.CO.N[C@H](CCCCNC(=O)[C@H]1CCSC1)C(=O)O. The lowest BCUT2D eigenvalue weighted by Gasteiger charge is -2.27. The minimum absolute atomic E-state index is 0.0291. The zero-order valence-electron chi connectivity index (χ0n) is 52.1. The van der Waals surface area contributed by atoms with Crippen molar-refractivity contribution in [2.75, 3.05) is 66.6 Å². The summed E-state index contributed by atoms with van der Waals surface area (Å²) in [6, 6.07) is -4.08. The second-order valence-electron chi connectivity index (χ2n) is 23.8. The van der Waals surface area contributed by atoms with Crippen molar-refractivity contribution in [3.05, 3.63) is 0 Å². The third kappa shape index (κ3) is 31.9. The fourth-order valence-electron chi connectivity index (χ4n) is 7.48. The lowest BCUT2D eigenvalue weighted by molar-refractivity contribution is -0.200. The van der Waals surface area contributed by atoms with Gasteiger partial charge in [0.1, 0.15) is 52.6 Å². The highest BCUT2D eigenvalue weighted by atomic mass is 32.2. The number of alkyl carbamates (subject to hydrolysis) is 1. The van der Waals surface area contributed by atoms with Gasteiger partial charge in [0.25, 0.3) is 11.8 Å². The molecule has 0 aromatic carbocycles. The van der Waals surface area contributed by atoms with Gasteiger partial charge < -0.3 is 65.9 Å². The molecule has 5 saturated heterocycles.